The summed E-state index contributed by atoms with van der Waals surface area (Å²) in [5.41, 5.74) is 2.39. The highest BCUT2D eigenvalue weighted by atomic mass is 16.2. The molecule has 0 aliphatic carbocycles. The summed E-state index contributed by atoms with van der Waals surface area (Å²) in [6.07, 6.45) is 1.71. The van der Waals surface area contributed by atoms with Gasteiger partial charge >= 0.3 is 6.03 Å². The minimum absolute atomic E-state index is 0.214. The second-order valence-electron chi connectivity index (χ2n) is 5.40. The monoisotopic (exact) mass is 313 g/mol. The molecule has 116 valence electrons. The first-order valence-corrected chi connectivity index (χ1v) is 7.72. The van der Waals surface area contributed by atoms with E-state index in [1.807, 2.05) is 84.9 Å². The third-order valence-electron chi connectivity index (χ3n) is 3.88. The second kappa shape index (κ2) is 6.01. The first-order valence-electron chi connectivity index (χ1n) is 7.72. The third-order valence-corrected chi connectivity index (χ3v) is 3.88. The van der Waals surface area contributed by atoms with Crippen LogP contribution in [0, 0.1) is 0 Å². The number of aromatic nitrogens is 2. The number of benzene rings is 3. The van der Waals surface area contributed by atoms with Crippen molar-refractivity contribution < 1.29 is 4.79 Å². The molecule has 4 aromatic rings. The van der Waals surface area contributed by atoms with Gasteiger partial charge in [0.2, 0.25) is 0 Å². The minimum atomic E-state index is -0.214. The molecule has 4 rings (SSSR count). The summed E-state index contributed by atoms with van der Waals surface area (Å²) in [4.78, 5) is 14.9. The predicted molar refractivity (Wildman–Crippen MR) is 95.6 cm³/mol. The van der Waals surface area contributed by atoms with Gasteiger partial charge in [-0.25, -0.2) is 4.79 Å². The summed E-state index contributed by atoms with van der Waals surface area (Å²) < 4.78 is 1.44. The molecule has 0 aliphatic rings. The van der Waals surface area contributed by atoms with Crippen molar-refractivity contribution in [1.82, 2.24) is 9.78 Å². The molecule has 4 nitrogen and oxygen atoms in total. The topological polar surface area (TPSA) is 38.1 Å². The number of hydrogen-bond acceptors (Lipinski definition) is 2. The van der Waals surface area contributed by atoms with E-state index < -0.39 is 0 Å². The molecule has 1 heterocycles. The van der Waals surface area contributed by atoms with E-state index in [1.54, 1.807) is 11.1 Å². The Kier molecular flexibility index (Phi) is 3.56. The SMILES string of the molecule is O=C(N(c1ccccc1)c1ccccc1)n1ncc2ccccc21. The van der Waals surface area contributed by atoms with Gasteiger partial charge in [-0.3, -0.25) is 4.90 Å². The Bertz CT molecular complexity index is 938. The Morgan fingerprint density at radius 1 is 0.750 bits per heavy atom. The number of carbonyl (C=O) groups excluding carboxylic acids is 1. The number of nitrogens with zero attached hydrogens (tertiary/aromatic N) is 3. The third kappa shape index (κ3) is 2.44. The average Bonchev–Trinajstić information content (AvgIpc) is 3.08. The zero-order chi connectivity index (χ0) is 16.4. The van der Waals surface area contributed by atoms with Gasteiger partial charge in [0.05, 0.1) is 23.1 Å². The molecule has 0 fully saturated rings. The fourth-order valence-corrected chi connectivity index (χ4v) is 2.74. The highest BCUT2D eigenvalue weighted by Crippen LogP contribution is 2.27. The lowest BCUT2D eigenvalue weighted by molar-refractivity contribution is 0.248. The average molecular weight is 313 g/mol. The number of carbonyl (C=O) groups is 1. The zero-order valence-corrected chi connectivity index (χ0v) is 12.9. The van der Waals surface area contributed by atoms with Gasteiger partial charge in [0.25, 0.3) is 0 Å². The number of amides is 1. The molecule has 0 saturated carbocycles. The second-order valence-corrected chi connectivity index (χ2v) is 5.40. The van der Waals surface area contributed by atoms with Crippen molar-refractivity contribution in [3.8, 4) is 0 Å². The van der Waals surface area contributed by atoms with E-state index in [4.69, 9.17) is 0 Å². The van der Waals surface area contributed by atoms with Crippen molar-refractivity contribution >= 4 is 28.3 Å². The van der Waals surface area contributed by atoms with Crippen LogP contribution in [0.3, 0.4) is 0 Å². The first-order chi connectivity index (χ1) is 11.8. The summed E-state index contributed by atoms with van der Waals surface area (Å²) in [6.45, 7) is 0. The van der Waals surface area contributed by atoms with Crippen LogP contribution in [-0.4, -0.2) is 15.8 Å². The molecule has 0 aliphatic heterocycles. The molecule has 3 aromatic carbocycles. The Hall–Kier alpha value is -3.40. The molecule has 24 heavy (non-hydrogen) atoms. The normalized spacial score (nSPS) is 10.7. The summed E-state index contributed by atoms with van der Waals surface area (Å²) in [6, 6.07) is 26.7. The van der Waals surface area contributed by atoms with Gasteiger partial charge < -0.3 is 0 Å². The maximum absolute atomic E-state index is 13.2. The van der Waals surface area contributed by atoms with Crippen LogP contribution >= 0.6 is 0 Å². The van der Waals surface area contributed by atoms with Gasteiger partial charge in [-0.2, -0.15) is 9.78 Å². The van der Waals surface area contributed by atoms with Crippen LogP contribution in [0.5, 0.6) is 0 Å². The molecule has 0 N–H and O–H groups in total. The maximum Gasteiger partial charge on any atom is 0.354 e. The lowest BCUT2D eigenvalue weighted by Gasteiger charge is -2.22. The van der Waals surface area contributed by atoms with E-state index >= 15 is 0 Å². The highest BCUT2D eigenvalue weighted by molar-refractivity contribution is 6.04. The predicted octanol–water partition coefficient (Wildman–Crippen LogP) is 4.84. The zero-order valence-electron chi connectivity index (χ0n) is 12.9. The van der Waals surface area contributed by atoms with Gasteiger partial charge in [-0.15, -0.1) is 0 Å². The van der Waals surface area contributed by atoms with Crippen molar-refractivity contribution in [2.75, 3.05) is 4.90 Å². The minimum Gasteiger partial charge on any atom is -0.261 e. The number of rotatable bonds is 2. The smallest absolute Gasteiger partial charge is 0.261 e. The molecular weight excluding hydrogens is 298 g/mol. The van der Waals surface area contributed by atoms with Crippen LogP contribution in [0.2, 0.25) is 0 Å². The lowest BCUT2D eigenvalue weighted by Crippen LogP contribution is -2.31. The van der Waals surface area contributed by atoms with Crippen LogP contribution in [0.4, 0.5) is 16.2 Å². The molecule has 4 heteroatoms. The van der Waals surface area contributed by atoms with Gasteiger partial charge in [-0.1, -0.05) is 54.6 Å². The van der Waals surface area contributed by atoms with E-state index in [9.17, 15) is 4.79 Å². The quantitative estimate of drug-likeness (QED) is 0.531. The lowest BCUT2D eigenvalue weighted by atomic mass is 10.2. The van der Waals surface area contributed by atoms with Crippen molar-refractivity contribution in [2.45, 2.75) is 0 Å². The highest BCUT2D eigenvalue weighted by Gasteiger charge is 2.21. The maximum atomic E-state index is 13.2. The van der Waals surface area contributed by atoms with E-state index in [0.717, 1.165) is 22.3 Å². The Balaban J connectivity index is 1.86. The molecule has 0 bridgehead atoms. The van der Waals surface area contributed by atoms with Gasteiger partial charge in [0, 0.05) is 5.39 Å². The van der Waals surface area contributed by atoms with Gasteiger partial charge in [0.1, 0.15) is 0 Å². The molecule has 0 saturated heterocycles. The Morgan fingerprint density at radius 2 is 1.29 bits per heavy atom. The molecule has 0 unspecified atom stereocenters. The largest absolute Gasteiger partial charge is 0.354 e. The number of para-hydroxylation sites is 3. The van der Waals surface area contributed by atoms with E-state index in [1.165, 1.54) is 4.68 Å². The van der Waals surface area contributed by atoms with Crippen molar-refractivity contribution in [3.63, 3.8) is 0 Å². The van der Waals surface area contributed by atoms with E-state index in [2.05, 4.69) is 5.10 Å². The van der Waals surface area contributed by atoms with E-state index in [-0.39, 0.29) is 6.03 Å². The fourth-order valence-electron chi connectivity index (χ4n) is 2.74. The van der Waals surface area contributed by atoms with Crippen LogP contribution in [0.1, 0.15) is 0 Å². The van der Waals surface area contributed by atoms with Gasteiger partial charge in [0.15, 0.2) is 0 Å². The first kappa shape index (κ1) is 14.2. The van der Waals surface area contributed by atoms with Crippen molar-refractivity contribution in [1.29, 1.82) is 0 Å². The molecule has 0 radical (unpaired) electrons. The Labute approximate surface area is 139 Å². The summed E-state index contributed by atoms with van der Waals surface area (Å²) in [7, 11) is 0. The van der Waals surface area contributed by atoms with Crippen LogP contribution in [0.25, 0.3) is 10.9 Å². The molecule has 0 spiro atoms. The van der Waals surface area contributed by atoms with Crippen LogP contribution in [0.15, 0.2) is 91.1 Å². The number of anilines is 2. The summed E-state index contributed by atoms with van der Waals surface area (Å²) in [5, 5.41) is 5.23. The van der Waals surface area contributed by atoms with Crippen LogP contribution in [-0.2, 0) is 0 Å². The van der Waals surface area contributed by atoms with Crippen LogP contribution < -0.4 is 4.90 Å². The molecule has 1 amide bonds. The number of hydrogen-bond donors (Lipinski definition) is 0. The molecule has 1 aromatic heterocycles. The summed E-state index contributed by atoms with van der Waals surface area (Å²) >= 11 is 0. The van der Waals surface area contributed by atoms with Gasteiger partial charge in [-0.05, 0) is 30.3 Å². The Morgan fingerprint density at radius 3 is 1.92 bits per heavy atom. The fraction of sp³-hybridized carbons (Fsp3) is 0. The molecular formula is C20H15N3O. The number of fused-ring (bicyclic) bond motifs is 1. The standard InChI is InChI=1S/C20H15N3O/c24-20(23-19-14-8-7-9-16(19)15-21-23)22(17-10-3-1-4-11-17)18-12-5-2-6-13-18/h1-15H. The van der Waals surface area contributed by atoms with E-state index in [0.29, 0.717) is 0 Å². The summed E-state index contributed by atoms with van der Waals surface area (Å²) in [5.74, 6) is 0. The van der Waals surface area contributed by atoms with Crippen molar-refractivity contribution in [2.24, 2.45) is 0 Å². The molecule has 0 atom stereocenters. The van der Waals surface area contributed by atoms with Crippen molar-refractivity contribution in [3.05, 3.63) is 91.1 Å².